The van der Waals surface area contributed by atoms with Crippen LogP contribution in [0.4, 0.5) is 5.95 Å². The summed E-state index contributed by atoms with van der Waals surface area (Å²) in [6.45, 7) is 0. The Labute approximate surface area is 53.3 Å². The smallest absolute Gasteiger partial charge is 0.262 e. The van der Waals surface area contributed by atoms with Crippen LogP contribution in [0.3, 0.4) is 0 Å². The van der Waals surface area contributed by atoms with Crippen LogP contribution in [-0.2, 0) is 0 Å². The quantitative estimate of drug-likeness (QED) is 0.514. The molecule has 0 saturated heterocycles. The van der Waals surface area contributed by atoms with E-state index in [1.165, 1.54) is 0 Å². The molecule has 0 bridgehead atoms. The molecule has 1 N–H and O–H groups in total. The lowest BCUT2D eigenvalue weighted by Crippen LogP contribution is -2.35. The molecule has 0 spiro atoms. The van der Waals surface area contributed by atoms with Crippen LogP contribution in [0.2, 0.25) is 0 Å². The third-order valence-corrected chi connectivity index (χ3v) is 0.934. The molecule has 1 rings (SSSR count). The first-order chi connectivity index (χ1) is 4.11. The van der Waals surface area contributed by atoms with Crippen LogP contribution in [0.25, 0.3) is 0 Å². The highest BCUT2D eigenvalue weighted by Crippen LogP contribution is 2.03. The normalized spacial score (nSPS) is 11.9. The lowest BCUT2D eigenvalue weighted by molar-refractivity contribution is 0.459. The molecule has 0 aliphatic heterocycles. The number of rotatable bonds is 1. The van der Waals surface area contributed by atoms with Gasteiger partial charge in [-0.1, -0.05) is 10.2 Å². The van der Waals surface area contributed by atoms with Crippen molar-refractivity contribution in [2.24, 2.45) is 0 Å². The van der Waals surface area contributed by atoms with Crippen molar-refractivity contribution in [3.63, 3.8) is 0 Å². The summed E-state index contributed by atoms with van der Waals surface area (Å²) in [5.41, 5.74) is 0. The highest BCUT2D eigenvalue weighted by atomic mass is 15.6. The van der Waals surface area contributed by atoms with Gasteiger partial charge < -0.3 is 0 Å². The fraction of sp³-hybridized carbons (Fsp3) is 0.750. The van der Waals surface area contributed by atoms with Crippen molar-refractivity contribution in [2.75, 3.05) is 21.1 Å². The van der Waals surface area contributed by atoms with Gasteiger partial charge in [0.15, 0.2) is 0 Å². The zero-order valence-electron chi connectivity index (χ0n) is 5.79. The summed E-state index contributed by atoms with van der Waals surface area (Å²) < 4.78 is 0.594. The molecule has 0 aliphatic rings. The molecule has 5 nitrogen and oxygen atoms in total. The van der Waals surface area contributed by atoms with E-state index in [0.29, 0.717) is 10.4 Å². The molecule has 1 aromatic heterocycles. The van der Waals surface area contributed by atoms with Gasteiger partial charge in [0.2, 0.25) is 0 Å². The van der Waals surface area contributed by atoms with Crippen molar-refractivity contribution in [3.05, 3.63) is 0 Å². The van der Waals surface area contributed by atoms with Crippen LogP contribution < -0.4 is 4.48 Å². The fourth-order valence-corrected chi connectivity index (χ4v) is 0.441. The van der Waals surface area contributed by atoms with E-state index in [1.54, 1.807) is 0 Å². The zero-order chi connectivity index (χ0) is 6.91. The summed E-state index contributed by atoms with van der Waals surface area (Å²) in [7, 11) is 5.93. The van der Waals surface area contributed by atoms with Crippen molar-refractivity contribution < 1.29 is 0 Å². The van der Waals surface area contributed by atoms with E-state index in [9.17, 15) is 0 Å². The van der Waals surface area contributed by atoms with Crippen LogP contribution in [0.5, 0.6) is 0 Å². The van der Waals surface area contributed by atoms with E-state index in [2.05, 4.69) is 20.6 Å². The summed E-state index contributed by atoms with van der Waals surface area (Å²) in [5, 5.41) is 13.5. The molecule has 0 fully saturated rings. The summed E-state index contributed by atoms with van der Waals surface area (Å²) in [4.78, 5) is 0. The number of hydrogen-bond donors (Lipinski definition) is 1. The van der Waals surface area contributed by atoms with E-state index in [1.807, 2.05) is 21.1 Å². The molecule has 1 aromatic rings. The minimum atomic E-state index is 0.594. The molecular formula is C4H10N5+. The first kappa shape index (κ1) is 6.15. The van der Waals surface area contributed by atoms with E-state index in [-0.39, 0.29) is 0 Å². The van der Waals surface area contributed by atoms with Crippen LogP contribution in [0.1, 0.15) is 0 Å². The predicted octanol–water partition coefficient (Wildman–Crippen LogP) is -0.604. The van der Waals surface area contributed by atoms with Crippen molar-refractivity contribution in [3.8, 4) is 0 Å². The molecule has 9 heavy (non-hydrogen) atoms. The van der Waals surface area contributed by atoms with Gasteiger partial charge in [0.25, 0.3) is 0 Å². The van der Waals surface area contributed by atoms with E-state index in [0.717, 1.165) is 0 Å². The van der Waals surface area contributed by atoms with Crippen molar-refractivity contribution >= 4 is 5.95 Å². The molecule has 1 heterocycles. The molecule has 0 saturated carbocycles. The number of aromatic nitrogens is 4. The Morgan fingerprint density at radius 2 is 2.00 bits per heavy atom. The van der Waals surface area contributed by atoms with E-state index in [4.69, 9.17) is 0 Å². The first-order valence-corrected chi connectivity index (χ1v) is 2.66. The summed E-state index contributed by atoms with van der Waals surface area (Å²) in [5.74, 6) is 0.690. The number of tetrazole rings is 1. The second-order valence-corrected chi connectivity index (χ2v) is 2.72. The Morgan fingerprint density at radius 3 is 2.22 bits per heavy atom. The highest BCUT2D eigenvalue weighted by Gasteiger charge is 2.16. The fourth-order valence-electron chi connectivity index (χ4n) is 0.441. The van der Waals surface area contributed by atoms with Gasteiger partial charge in [0, 0.05) is 0 Å². The standard InChI is InChI=1S/C4H10N5/c1-9(2,3)4-5-7-8-6-4/h1-3H3,(H,5,6,7,8)/q+1. The van der Waals surface area contributed by atoms with Gasteiger partial charge in [-0.15, -0.1) is 0 Å². The van der Waals surface area contributed by atoms with Gasteiger partial charge in [0.05, 0.1) is 21.1 Å². The van der Waals surface area contributed by atoms with Crippen molar-refractivity contribution in [2.45, 2.75) is 0 Å². The largest absolute Gasteiger partial charge is 0.367 e. The van der Waals surface area contributed by atoms with Gasteiger partial charge in [-0.3, -0.25) is 4.48 Å². The first-order valence-electron chi connectivity index (χ1n) is 2.66. The highest BCUT2D eigenvalue weighted by molar-refractivity contribution is 5.15. The second kappa shape index (κ2) is 1.77. The number of nitrogens with one attached hydrogen (secondary N) is 1. The monoisotopic (exact) mass is 128 g/mol. The maximum atomic E-state index is 3.81. The Hall–Kier alpha value is -0.970. The average Bonchev–Trinajstić information content (AvgIpc) is 2.08. The number of hydrogen-bond acceptors (Lipinski definition) is 3. The minimum Gasteiger partial charge on any atom is -0.262 e. The van der Waals surface area contributed by atoms with Crippen molar-refractivity contribution in [1.82, 2.24) is 25.1 Å². The Morgan fingerprint density at radius 1 is 1.33 bits per heavy atom. The van der Waals surface area contributed by atoms with Crippen molar-refractivity contribution in [1.29, 1.82) is 0 Å². The minimum absolute atomic E-state index is 0.594. The molecule has 50 valence electrons. The molecule has 0 aliphatic carbocycles. The maximum Gasteiger partial charge on any atom is 0.367 e. The van der Waals surface area contributed by atoms with Crippen LogP contribution in [0.15, 0.2) is 0 Å². The summed E-state index contributed by atoms with van der Waals surface area (Å²) in [6, 6.07) is 0. The molecular weight excluding hydrogens is 118 g/mol. The molecule has 0 unspecified atom stereocenters. The van der Waals surface area contributed by atoms with E-state index < -0.39 is 0 Å². The number of aromatic amines is 1. The Kier molecular flexibility index (Phi) is 1.21. The summed E-state index contributed by atoms with van der Waals surface area (Å²) in [6.07, 6.45) is 0. The second-order valence-electron chi connectivity index (χ2n) is 2.72. The molecule has 5 heteroatoms. The van der Waals surface area contributed by atoms with Crippen LogP contribution in [-0.4, -0.2) is 41.8 Å². The zero-order valence-corrected chi connectivity index (χ0v) is 5.79. The lowest BCUT2D eigenvalue weighted by atomic mass is 10.7. The predicted molar refractivity (Wildman–Crippen MR) is 33.7 cm³/mol. The van der Waals surface area contributed by atoms with Gasteiger partial charge in [-0.05, 0) is 5.21 Å². The van der Waals surface area contributed by atoms with Gasteiger partial charge >= 0.3 is 5.95 Å². The van der Waals surface area contributed by atoms with Crippen LogP contribution in [0, 0.1) is 0 Å². The number of quaternary nitrogens is 1. The number of nitrogens with zero attached hydrogens (tertiary/aromatic N) is 4. The van der Waals surface area contributed by atoms with Gasteiger partial charge in [-0.25, -0.2) is 0 Å². The van der Waals surface area contributed by atoms with Gasteiger partial charge in [0.1, 0.15) is 0 Å². The Balaban J connectivity index is 2.90. The third kappa shape index (κ3) is 1.23. The molecule has 0 radical (unpaired) electrons. The molecule has 0 amide bonds. The lowest BCUT2D eigenvalue weighted by Gasteiger charge is -2.16. The number of H-pyrrole nitrogens is 1. The molecule has 0 aromatic carbocycles. The topological polar surface area (TPSA) is 54.5 Å². The maximum absolute atomic E-state index is 3.81. The summed E-state index contributed by atoms with van der Waals surface area (Å²) >= 11 is 0. The third-order valence-electron chi connectivity index (χ3n) is 0.934. The molecule has 0 atom stereocenters. The van der Waals surface area contributed by atoms with Gasteiger partial charge in [-0.2, -0.15) is 5.21 Å². The van der Waals surface area contributed by atoms with Crippen LogP contribution >= 0.6 is 0 Å². The van der Waals surface area contributed by atoms with E-state index >= 15 is 0 Å². The average molecular weight is 128 g/mol. The SMILES string of the molecule is C[N+](C)(C)c1nn[nH]n1. The Bertz CT molecular complexity index is 171.